The van der Waals surface area contributed by atoms with Crippen molar-refractivity contribution in [2.45, 2.75) is 26.4 Å². The predicted octanol–water partition coefficient (Wildman–Crippen LogP) is 3.27. The molecule has 0 fully saturated rings. The fraction of sp³-hybridized carbons (Fsp3) is 0.462. The average Bonchev–Trinajstić information content (AvgIpc) is 2.62. The molecule has 2 aromatic rings. The van der Waals surface area contributed by atoms with Gasteiger partial charge in [0, 0.05) is 19.1 Å². The Kier molecular flexibility index (Phi) is 4.23. The Balaban J connectivity index is 2.32. The molecule has 4 nitrogen and oxygen atoms in total. The summed E-state index contributed by atoms with van der Waals surface area (Å²) in [6, 6.07) is 4.06. The van der Waals surface area contributed by atoms with Crippen LogP contribution in [0.5, 0.6) is 0 Å². The molecule has 0 aliphatic carbocycles. The number of benzene rings is 1. The van der Waals surface area contributed by atoms with Crippen LogP contribution in [0.15, 0.2) is 12.1 Å². The number of rotatable bonds is 4. The largest absolute Gasteiger partial charge is 0.369 e. The smallest absolute Gasteiger partial charge is 0.201 e. The van der Waals surface area contributed by atoms with E-state index in [0.29, 0.717) is 22.0 Å². The zero-order chi connectivity index (χ0) is 14.2. The van der Waals surface area contributed by atoms with Crippen molar-refractivity contribution in [3.63, 3.8) is 0 Å². The first-order valence-electron chi connectivity index (χ1n) is 6.21. The minimum Gasteiger partial charge on any atom is -0.369 e. The van der Waals surface area contributed by atoms with E-state index in [2.05, 4.69) is 30.8 Å². The van der Waals surface area contributed by atoms with E-state index in [-0.39, 0.29) is 0 Å². The molecule has 0 spiro atoms. The van der Waals surface area contributed by atoms with Crippen LogP contribution < -0.4 is 5.73 Å². The molecule has 1 aromatic carbocycles. The van der Waals surface area contributed by atoms with Gasteiger partial charge in [-0.3, -0.25) is 0 Å². The highest BCUT2D eigenvalue weighted by Crippen LogP contribution is 2.28. The maximum absolute atomic E-state index is 6.06. The molecule has 0 atom stereocenters. The van der Waals surface area contributed by atoms with Crippen LogP contribution in [0.25, 0.3) is 11.0 Å². The molecule has 0 amide bonds. The summed E-state index contributed by atoms with van der Waals surface area (Å²) in [4.78, 5) is 6.57. The Morgan fingerprint density at radius 3 is 2.58 bits per heavy atom. The van der Waals surface area contributed by atoms with Crippen LogP contribution in [0.4, 0.5) is 5.95 Å². The molecule has 0 saturated heterocycles. The first-order valence-corrected chi connectivity index (χ1v) is 6.96. The molecule has 0 aliphatic rings. The van der Waals surface area contributed by atoms with Crippen LogP contribution in [0.3, 0.4) is 0 Å². The molecule has 0 radical (unpaired) electrons. The minimum absolute atomic E-state index is 0.491. The number of halogens is 2. The van der Waals surface area contributed by atoms with Gasteiger partial charge in [-0.25, -0.2) is 4.98 Å². The summed E-state index contributed by atoms with van der Waals surface area (Å²) in [6.45, 7) is 5.99. The highest BCUT2D eigenvalue weighted by atomic mass is 35.5. The molecule has 2 N–H and O–H groups in total. The van der Waals surface area contributed by atoms with Gasteiger partial charge in [0.1, 0.15) is 0 Å². The minimum atomic E-state index is 0.491. The quantitative estimate of drug-likeness (QED) is 0.943. The maximum atomic E-state index is 6.06. The number of likely N-dealkylation sites (N-methyl/N-ethyl adjacent to an activating group) is 1. The Morgan fingerprint density at radius 1 is 1.32 bits per heavy atom. The van der Waals surface area contributed by atoms with Crippen LogP contribution in [-0.2, 0) is 6.54 Å². The van der Waals surface area contributed by atoms with E-state index in [1.54, 1.807) is 6.07 Å². The van der Waals surface area contributed by atoms with Crippen molar-refractivity contribution < 1.29 is 0 Å². The SMILES string of the molecule is CC(C)N(C)CCn1c(N)nc2cc(Cl)c(Cl)cc21. The third kappa shape index (κ3) is 2.96. The molecule has 0 aliphatic heterocycles. The lowest BCUT2D eigenvalue weighted by Gasteiger charge is -2.21. The first kappa shape index (κ1) is 14.4. The van der Waals surface area contributed by atoms with Crippen molar-refractivity contribution in [3.05, 3.63) is 22.2 Å². The molecular formula is C13H18Cl2N4. The van der Waals surface area contributed by atoms with E-state index in [1.165, 1.54) is 0 Å². The second kappa shape index (κ2) is 5.57. The van der Waals surface area contributed by atoms with Crippen molar-refractivity contribution >= 4 is 40.2 Å². The summed E-state index contributed by atoms with van der Waals surface area (Å²) in [5.41, 5.74) is 7.66. The summed E-state index contributed by atoms with van der Waals surface area (Å²) in [5, 5.41) is 1.02. The van der Waals surface area contributed by atoms with E-state index in [9.17, 15) is 0 Å². The van der Waals surface area contributed by atoms with Gasteiger partial charge < -0.3 is 15.2 Å². The van der Waals surface area contributed by atoms with Crippen LogP contribution in [0.1, 0.15) is 13.8 Å². The zero-order valence-electron chi connectivity index (χ0n) is 11.3. The van der Waals surface area contributed by atoms with Crippen molar-refractivity contribution in [1.29, 1.82) is 0 Å². The molecule has 0 bridgehead atoms. The summed E-state index contributed by atoms with van der Waals surface area (Å²) >= 11 is 12.0. The lowest BCUT2D eigenvalue weighted by molar-refractivity contribution is 0.264. The molecule has 1 heterocycles. The molecule has 2 rings (SSSR count). The average molecular weight is 301 g/mol. The van der Waals surface area contributed by atoms with Gasteiger partial charge in [0.15, 0.2) is 0 Å². The summed E-state index contributed by atoms with van der Waals surface area (Å²) < 4.78 is 1.97. The van der Waals surface area contributed by atoms with Crippen LogP contribution in [0.2, 0.25) is 10.0 Å². The molecular weight excluding hydrogens is 283 g/mol. The van der Waals surface area contributed by atoms with Gasteiger partial charge >= 0.3 is 0 Å². The third-order valence-electron chi connectivity index (χ3n) is 3.38. The molecule has 0 unspecified atom stereocenters. The number of anilines is 1. The number of nitrogen functional groups attached to an aromatic ring is 1. The second-order valence-corrected chi connectivity index (χ2v) is 5.77. The monoisotopic (exact) mass is 300 g/mol. The van der Waals surface area contributed by atoms with E-state index in [1.807, 2.05) is 10.6 Å². The third-order valence-corrected chi connectivity index (χ3v) is 4.10. The number of fused-ring (bicyclic) bond motifs is 1. The number of imidazole rings is 1. The molecule has 6 heteroatoms. The van der Waals surface area contributed by atoms with Gasteiger partial charge in [0.2, 0.25) is 5.95 Å². The van der Waals surface area contributed by atoms with Gasteiger partial charge in [0.25, 0.3) is 0 Å². The lowest BCUT2D eigenvalue weighted by Crippen LogP contribution is -2.29. The Hall–Kier alpha value is -0.970. The van der Waals surface area contributed by atoms with Gasteiger partial charge in [0.05, 0.1) is 21.1 Å². The van der Waals surface area contributed by atoms with Crippen molar-refractivity contribution in [2.75, 3.05) is 19.3 Å². The fourth-order valence-corrected chi connectivity index (χ4v) is 2.21. The zero-order valence-corrected chi connectivity index (χ0v) is 12.8. The number of hydrogen-bond acceptors (Lipinski definition) is 3. The fourth-order valence-electron chi connectivity index (χ4n) is 1.89. The lowest BCUT2D eigenvalue weighted by atomic mass is 10.3. The topological polar surface area (TPSA) is 47.1 Å². The Morgan fingerprint density at radius 2 is 1.95 bits per heavy atom. The van der Waals surface area contributed by atoms with Gasteiger partial charge in [-0.2, -0.15) is 0 Å². The van der Waals surface area contributed by atoms with E-state index in [4.69, 9.17) is 28.9 Å². The van der Waals surface area contributed by atoms with Crippen LogP contribution in [-0.4, -0.2) is 34.1 Å². The normalized spacial score (nSPS) is 11.9. The summed E-state index contributed by atoms with van der Waals surface area (Å²) in [7, 11) is 2.09. The first-order chi connectivity index (χ1) is 8.90. The standard InChI is InChI=1S/C13H18Cl2N4/c1-8(2)18(3)4-5-19-12-7-10(15)9(14)6-11(12)17-13(19)16/h6-8H,4-5H2,1-3H3,(H2,16,17). The van der Waals surface area contributed by atoms with Gasteiger partial charge in [-0.05, 0) is 33.0 Å². The van der Waals surface area contributed by atoms with Crippen molar-refractivity contribution in [3.8, 4) is 0 Å². The van der Waals surface area contributed by atoms with Crippen molar-refractivity contribution in [1.82, 2.24) is 14.5 Å². The number of aromatic nitrogens is 2. The van der Waals surface area contributed by atoms with Crippen LogP contribution in [0, 0.1) is 0 Å². The van der Waals surface area contributed by atoms with Gasteiger partial charge in [-0.1, -0.05) is 23.2 Å². The van der Waals surface area contributed by atoms with E-state index in [0.717, 1.165) is 24.1 Å². The van der Waals surface area contributed by atoms with E-state index < -0.39 is 0 Å². The summed E-state index contributed by atoms with van der Waals surface area (Å²) in [5.74, 6) is 0.491. The predicted molar refractivity (Wildman–Crippen MR) is 81.9 cm³/mol. The Labute approximate surface area is 123 Å². The molecule has 1 aromatic heterocycles. The van der Waals surface area contributed by atoms with Crippen molar-refractivity contribution in [2.24, 2.45) is 0 Å². The molecule has 19 heavy (non-hydrogen) atoms. The number of nitrogens with zero attached hydrogens (tertiary/aromatic N) is 3. The van der Waals surface area contributed by atoms with Crippen LogP contribution >= 0.6 is 23.2 Å². The molecule has 104 valence electrons. The number of nitrogens with two attached hydrogens (primary N) is 1. The molecule has 0 saturated carbocycles. The highest BCUT2D eigenvalue weighted by molar-refractivity contribution is 6.42. The second-order valence-electron chi connectivity index (χ2n) is 4.95. The summed E-state index contributed by atoms with van der Waals surface area (Å²) in [6.07, 6.45) is 0. The highest BCUT2D eigenvalue weighted by Gasteiger charge is 2.12. The maximum Gasteiger partial charge on any atom is 0.201 e. The number of hydrogen-bond donors (Lipinski definition) is 1. The Bertz CT molecular complexity index is 592. The van der Waals surface area contributed by atoms with E-state index >= 15 is 0 Å². The van der Waals surface area contributed by atoms with Gasteiger partial charge in [-0.15, -0.1) is 0 Å².